The van der Waals surface area contributed by atoms with Gasteiger partial charge in [0.2, 0.25) is 0 Å². The Balaban J connectivity index is 1.30. The molecule has 0 radical (unpaired) electrons. The standard InChI is InChI=1S/C20H18N6O2S/c27-20(23-11-15-3-1-9-22-19(15)26-14-21-13-24-26)25-16-5-7-17(8-6-16)28-12-18-4-2-10-29-18/h1-10,13-14H,11-12H2,(H2,23,25,27). The van der Waals surface area contributed by atoms with Gasteiger partial charge < -0.3 is 15.4 Å². The number of carbonyl (C=O) groups excluding carboxylic acids is 1. The summed E-state index contributed by atoms with van der Waals surface area (Å²) in [5, 5.41) is 11.7. The average Bonchev–Trinajstić information content (AvgIpc) is 3.46. The number of urea groups is 1. The molecule has 0 saturated heterocycles. The molecular weight excluding hydrogens is 388 g/mol. The van der Waals surface area contributed by atoms with Crippen LogP contribution in [0.25, 0.3) is 5.82 Å². The maximum Gasteiger partial charge on any atom is 0.319 e. The Morgan fingerprint density at radius 3 is 2.79 bits per heavy atom. The Morgan fingerprint density at radius 1 is 1.14 bits per heavy atom. The van der Waals surface area contributed by atoms with Gasteiger partial charge in [-0.15, -0.1) is 11.3 Å². The number of aromatic nitrogens is 4. The molecule has 9 heteroatoms. The van der Waals surface area contributed by atoms with Crippen LogP contribution >= 0.6 is 11.3 Å². The summed E-state index contributed by atoms with van der Waals surface area (Å²) in [5.74, 6) is 1.37. The summed E-state index contributed by atoms with van der Waals surface area (Å²) < 4.78 is 7.29. The van der Waals surface area contributed by atoms with Crippen molar-refractivity contribution in [2.45, 2.75) is 13.2 Å². The molecule has 29 heavy (non-hydrogen) atoms. The zero-order chi connectivity index (χ0) is 19.9. The maximum atomic E-state index is 12.2. The number of rotatable bonds is 7. The molecule has 0 unspecified atom stereocenters. The summed E-state index contributed by atoms with van der Waals surface area (Å²) in [6.45, 7) is 0.834. The normalized spacial score (nSPS) is 10.5. The van der Waals surface area contributed by atoms with Crippen LogP contribution in [0.5, 0.6) is 5.75 Å². The number of carbonyl (C=O) groups is 1. The van der Waals surface area contributed by atoms with Gasteiger partial charge in [-0.3, -0.25) is 0 Å². The Kier molecular flexibility index (Phi) is 5.77. The van der Waals surface area contributed by atoms with Gasteiger partial charge in [-0.25, -0.2) is 19.4 Å². The number of anilines is 1. The molecule has 2 N–H and O–H groups in total. The summed E-state index contributed by atoms with van der Waals surface area (Å²) in [7, 11) is 0. The number of pyridine rings is 1. The number of nitrogens with one attached hydrogen (secondary N) is 2. The SMILES string of the molecule is O=C(NCc1cccnc1-n1cncn1)Nc1ccc(OCc2cccs2)cc1. The first-order chi connectivity index (χ1) is 14.3. The second kappa shape index (κ2) is 8.98. The van der Waals surface area contributed by atoms with E-state index in [0.29, 0.717) is 24.7 Å². The molecule has 0 spiro atoms. The van der Waals surface area contributed by atoms with Crippen molar-refractivity contribution in [1.82, 2.24) is 25.1 Å². The number of thiophene rings is 1. The van der Waals surface area contributed by atoms with Gasteiger partial charge in [-0.05, 0) is 41.8 Å². The van der Waals surface area contributed by atoms with E-state index in [1.165, 1.54) is 6.33 Å². The molecule has 0 fully saturated rings. The number of nitrogens with zero attached hydrogens (tertiary/aromatic N) is 4. The van der Waals surface area contributed by atoms with E-state index in [0.717, 1.165) is 16.2 Å². The Labute approximate surface area is 171 Å². The van der Waals surface area contributed by atoms with E-state index in [1.807, 2.05) is 41.8 Å². The highest BCUT2D eigenvalue weighted by Gasteiger charge is 2.08. The monoisotopic (exact) mass is 406 g/mol. The van der Waals surface area contributed by atoms with Crippen molar-refractivity contribution >= 4 is 23.1 Å². The van der Waals surface area contributed by atoms with E-state index in [-0.39, 0.29) is 6.03 Å². The third-order valence-corrected chi connectivity index (χ3v) is 4.87. The average molecular weight is 406 g/mol. The maximum absolute atomic E-state index is 12.2. The van der Waals surface area contributed by atoms with Gasteiger partial charge in [0.1, 0.15) is 25.0 Å². The fourth-order valence-electron chi connectivity index (χ4n) is 2.63. The van der Waals surface area contributed by atoms with Crippen molar-refractivity contribution < 1.29 is 9.53 Å². The largest absolute Gasteiger partial charge is 0.488 e. The number of ether oxygens (including phenoxy) is 1. The van der Waals surface area contributed by atoms with Gasteiger partial charge >= 0.3 is 6.03 Å². The number of amides is 2. The Morgan fingerprint density at radius 2 is 2.03 bits per heavy atom. The van der Waals surface area contributed by atoms with Gasteiger partial charge in [-0.1, -0.05) is 12.1 Å². The van der Waals surface area contributed by atoms with Crippen LogP contribution in [0.3, 0.4) is 0 Å². The molecule has 1 aromatic carbocycles. The van der Waals surface area contributed by atoms with E-state index < -0.39 is 0 Å². The molecule has 0 saturated carbocycles. The third kappa shape index (κ3) is 4.96. The molecule has 4 rings (SSSR count). The third-order valence-electron chi connectivity index (χ3n) is 4.02. The molecule has 3 aromatic heterocycles. The van der Waals surface area contributed by atoms with Crippen LogP contribution < -0.4 is 15.4 Å². The lowest BCUT2D eigenvalue weighted by atomic mass is 10.2. The summed E-state index contributed by atoms with van der Waals surface area (Å²) in [6, 6.07) is 14.7. The predicted molar refractivity (Wildman–Crippen MR) is 110 cm³/mol. The van der Waals surface area contributed by atoms with Crippen molar-refractivity contribution in [3.63, 3.8) is 0 Å². The Bertz CT molecular complexity index is 1050. The van der Waals surface area contributed by atoms with Crippen molar-refractivity contribution in [2.24, 2.45) is 0 Å². The topological polar surface area (TPSA) is 94.0 Å². The fraction of sp³-hybridized carbons (Fsp3) is 0.100. The molecular formula is C20H18N6O2S. The van der Waals surface area contributed by atoms with E-state index >= 15 is 0 Å². The first-order valence-corrected chi connectivity index (χ1v) is 9.75. The minimum absolute atomic E-state index is 0.302. The summed E-state index contributed by atoms with van der Waals surface area (Å²) in [5.41, 5.74) is 1.50. The van der Waals surface area contributed by atoms with E-state index in [2.05, 4.69) is 25.7 Å². The minimum Gasteiger partial charge on any atom is -0.488 e. The van der Waals surface area contributed by atoms with Crippen LogP contribution in [-0.4, -0.2) is 25.8 Å². The molecule has 146 valence electrons. The van der Waals surface area contributed by atoms with Gasteiger partial charge in [0, 0.05) is 28.9 Å². The highest BCUT2D eigenvalue weighted by molar-refractivity contribution is 7.09. The van der Waals surface area contributed by atoms with Crippen LogP contribution in [0.1, 0.15) is 10.4 Å². The first-order valence-electron chi connectivity index (χ1n) is 8.87. The molecule has 0 bridgehead atoms. The Hall–Kier alpha value is -3.72. The van der Waals surface area contributed by atoms with Gasteiger partial charge in [-0.2, -0.15) is 5.10 Å². The first kappa shape index (κ1) is 18.6. The highest BCUT2D eigenvalue weighted by Crippen LogP contribution is 2.18. The summed E-state index contributed by atoms with van der Waals surface area (Å²) in [4.78, 5) is 21.6. The van der Waals surface area contributed by atoms with Gasteiger partial charge in [0.05, 0.1) is 0 Å². The molecule has 2 amide bonds. The second-order valence-corrected chi connectivity index (χ2v) is 7.06. The van der Waals surface area contributed by atoms with Gasteiger partial charge in [0.25, 0.3) is 0 Å². The van der Waals surface area contributed by atoms with Gasteiger partial charge in [0.15, 0.2) is 5.82 Å². The van der Waals surface area contributed by atoms with Crippen LogP contribution in [0.4, 0.5) is 10.5 Å². The molecule has 3 heterocycles. The number of hydrogen-bond acceptors (Lipinski definition) is 6. The lowest BCUT2D eigenvalue weighted by Crippen LogP contribution is -2.28. The molecule has 4 aromatic rings. The zero-order valence-corrected chi connectivity index (χ0v) is 16.2. The van der Waals surface area contributed by atoms with E-state index in [1.54, 1.807) is 40.7 Å². The molecule has 8 nitrogen and oxygen atoms in total. The molecule has 0 atom stereocenters. The molecule has 0 aliphatic carbocycles. The zero-order valence-electron chi connectivity index (χ0n) is 15.4. The molecule has 0 aliphatic heterocycles. The van der Waals surface area contributed by atoms with Crippen LogP contribution in [0.15, 0.2) is 72.8 Å². The smallest absolute Gasteiger partial charge is 0.319 e. The fourth-order valence-corrected chi connectivity index (χ4v) is 3.24. The van der Waals surface area contributed by atoms with Crippen molar-refractivity contribution in [2.75, 3.05) is 5.32 Å². The van der Waals surface area contributed by atoms with Crippen LogP contribution in [-0.2, 0) is 13.2 Å². The van der Waals surface area contributed by atoms with Crippen molar-refractivity contribution in [3.8, 4) is 11.6 Å². The lowest BCUT2D eigenvalue weighted by molar-refractivity contribution is 0.251. The number of hydrogen-bond donors (Lipinski definition) is 2. The van der Waals surface area contributed by atoms with E-state index in [4.69, 9.17) is 4.74 Å². The minimum atomic E-state index is -0.314. The number of benzene rings is 1. The van der Waals surface area contributed by atoms with Crippen LogP contribution in [0, 0.1) is 0 Å². The van der Waals surface area contributed by atoms with Crippen molar-refractivity contribution in [1.29, 1.82) is 0 Å². The highest BCUT2D eigenvalue weighted by atomic mass is 32.1. The van der Waals surface area contributed by atoms with Crippen molar-refractivity contribution in [3.05, 3.63) is 83.2 Å². The predicted octanol–water partition coefficient (Wildman–Crippen LogP) is 3.62. The quantitative estimate of drug-likeness (QED) is 0.489. The summed E-state index contributed by atoms with van der Waals surface area (Å²) in [6.07, 6.45) is 4.67. The lowest BCUT2D eigenvalue weighted by Gasteiger charge is -2.11. The van der Waals surface area contributed by atoms with Crippen LogP contribution in [0.2, 0.25) is 0 Å². The molecule has 0 aliphatic rings. The summed E-state index contributed by atoms with van der Waals surface area (Å²) >= 11 is 1.65. The second-order valence-electron chi connectivity index (χ2n) is 6.03. The van der Waals surface area contributed by atoms with E-state index in [9.17, 15) is 4.79 Å².